The Labute approximate surface area is 95.3 Å². The van der Waals surface area contributed by atoms with Crippen LogP contribution >= 0.6 is 11.6 Å². The standard InChI is InChI=1S/C11H16ClN3/c1-8(4-3-5-14-2)10-6-9(12)7-15-11(10)13/h4,6-7,14H,3,5H2,1-2H3,(H2,13,15). The lowest BCUT2D eigenvalue weighted by atomic mass is 10.1. The van der Waals surface area contributed by atoms with Crippen molar-refractivity contribution in [2.75, 3.05) is 19.3 Å². The number of pyridine rings is 1. The van der Waals surface area contributed by atoms with Crippen LogP contribution in [0.3, 0.4) is 0 Å². The lowest BCUT2D eigenvalue weighted by molar-refractivity contribution is 0.808. The van der Waals surface area contributed by atoms with Crippen molar-refractivity contribution in [2.24, 2.45) is 0 Å². The molecule has 1 aromatic rings. The molecule has 0 spiro atoms. The van der Waals surface area contributed by atoms with E-state index in [0.717, 1.165) is 24.1 Å². The molecule has 0 unspecified atom stereocenters. The van der Waals surface area contributed by atoms with Gasteiger partial charge in [-0.25, -0.2) is 4.98 Å². The van der Waals surface area contributed by atoms with Gasteiger partial charge in [-0.3, -0.25) is 0 Å². The zero-order chi connectivity index (χ0) is 11.3. The van der Waals surface area contributed by atoms with Gasteiger partial charge < -0.3 is 11.1 Å². The topological polar surface area (TPSA) is 50.9 Å². The first-order valence-electron chi connectivity index (χ1n) is 4.88. The van der Waals surface area contributed by atoms with Gasteiger partial charge in [-0.1, -0.05) is 17.7 Å². The Balaban J connectivity index is 2.85. The molecule has 0 aliphatic carbocycles. The Hall–Kier alpha value is -1.06. The largest absolute Gasteiger partial charge is 0.383 e. The average Bonchev–Trinajstić information content (AvgIpc) is 2.22. The van der Waals surface area contributed by atoms with Crippen molar-refractivity contribution in [1.82, 2.24) is 10.3 Å². The zero-order valence-electron chi connectivity index (χ0n) is 9.05. The van der Waals surface area contributed by atoms with Crippen LogP contribution in [0.25, 0.3) is 5.57 Å². The van der Waals surface area contributed by atoms with E-state index in [2.05, 4.69) is 16.4 Å². The summed E-state index contributed by atoms with van der Waals surface area (Å²) in [5.41, 5.74) is 7.79. The van der Waals surface area contributed by atoms with E-state index < -0.39 is 0 Å². The van der Waals surface area contributed by atoms with Crippen molar-refractivity contribution in [3.8, 4) is 0 Å². The van der Waals surface area contributed by atoms with E-state index >= 15 is 0 Å². The second kappa shape index (κ2) is 5.73. The van der Waals surface area contributed by atoms with E-state index in [4.69, 9.17) is 17.3 Å². The van der Waals surface area contributed by atoms with Crippen molar-refractivity contribution in [3.63, 3.8) is 0 Å². The summed E-state index contributed by atoms with van der Waals surface area (Å²) >= 11 is 5.86. The van der Waals surface area contributed by atoms with Crippen LogP contribution in [-0.4, -0.2) is 18.6 Å². The lowest BCUT2D eigenvalue weighted by Crippen LogP contribution is -2.06. The molecule has 1 aromatic heterocycles. The molecule has 15 heavy (non-hydrogen) atoms. The molecule has 1 rings (SSSR count). The molecule has 0 aliphatic rings. The number of halogens is 1. The van der Waals surface area contributed by atoms with Gasteiger partial charge in [0, 0.05) is 11.8 Å². The molecule has 0 aliphatic heterocycles. The van der Waals surface area contributed by atoms with E-state index in [1.807, 2.05) is 20.0 Å². The predicted molar refractivity (Wildman–Crippen MR) is 65.9 cm³/mol. The highest BCUT2D eigenvalue weighted by Crippen LogP contribution is 2.22. The van der Waals surface area contributed by atoms with E-state index in [1.54, 1.807) is 6.20 Å². The maximum absolute atomic E-state index is 5.86. The van der Waals surface area contributed by atoms with E-state index in [0.29, 0.717) is 10.8 Å². The van der Waals surface area contributed by atoms with Crippen LogP contribution in [0.2, 0.25) is 5.02 Å². The Bertz CT molecular complexity index is 361. The average molecular weight is 226 g/mol. The van der Waals surface area contributed by atoms with Gasteiger partial charge in [0.05, 0.1) is 5.02 Å². The summed E-state index contributed by atoms with van der Waals surface area (Å²) < 4.78 is 0. The molecule has 0 radical (unpaired) electrons. The number of nitrogens with one attached hydrogen (secondary N) is 1. The normalized spacial score (nSPS) is 11.8. The van der Waals surface area contributed by atoms with Crippen molar-refractivity contribution >= 4 is 23.0 Å². The molecule has 4 heteroatoms. The minimum atomic E-state index is 0.526. The van der Waals surface area contributed by atoms with Crippen LogP contribution in [0.1, 0.15) is 18.9 Å². The second-order valence-corrected chi connectivity index (χ2v) is 3.80. The molecular weight excluding hydrogens is 210 g/mol. The Morgan fingerprint density at radius 3 is 3.07 bits per heavy atom. The number of anilines is 1. The van der Waals surface area contributed by atoms with Gasteiger partial charge in [-0.15, -0.1) is 0 Å². The Morgan fingerprint density at radius 1 is 1.67 bits per heavy atom. The zero-order valence-corrected chi connectivity index (χ0v) is 9.80. The number of nitrogen functional groups attached to an aromatic ring is 1. The minimum Gasteiger partial charge on any atom is -0.383 e. The quantitative estimate of drug-likeness (QED) is 0.774. The van der Waals surface area contributed by atoms with Gasteiger partial charge in [-0.2, -0.15) is 0 Å². The monoisotopic (exact) mass is 225 g/mol. The van der Waals surface area contributed by atoms with Crippen LogP contribution in [0.15, 0.2) is 18.3 Å². The molecule has 0 saturated carbocycles. The first-order chi connectivity index (χ1) is 7.15. The lowest BCUT2D eigenvalue weighted by Gasteiger charge is -2.05. The Kier molecular flexibility index (Phi) is 4.59. The molecule has 0 saturated heterocycles. The fourth-order valence-corrected chi connectivity index (χ4v) is 1.47. The third kappa shape index (κ3) is 3.53. The molecule has 3 nitrogen and oxygen atoms in total. The van der Waals surface area contributed by atoms with Gasteiger partial charge in [0.25, 0.3) is 0 Å². The molecule has 82 valence electrons. The van der Waals surface area contributed by atoms with Gasteiger partial charge in [0.1, 0.15) is 5.82 Å². The van der Waals surface area contributed by atoms with Crippen LogP contribution in [0.5, 0.6) is 0 Å². The highest BCUT2D eigenvalue weighted by Gasteiger charge is 2.03. The summed E-state index contributed by atoms with van der Waals surface area (Å²) in [6, 6.07) is 1.84. The first kappa shape index (κ1) is 12.0. The molecule has 0 amide bonds. The van der Waals surface area contributed by atoms with Crippen LogP contribution in [-0.2, 0) is 0 Å². The summed E-state index contributed by atoms with van der Waals surface area (Å²) in [5.74, 6) is 0.526. The minimum absolute atomic E-state index is 0.526. The number of aromatic nitrogens is 1. The van der Waals surface area contributed by atoms with Crippen molar-refractivity contribution in [1.29, 1.82) is 0 Å². The van der Waals surface area contributed by atoms with E-state index in [9.17, 15) is 0 Å². The van der Waals surface area contributed by atoms with Crippen LogP contribution < -0.4 is 11.1 Å². The highest BCUT2D eigenvalue weighted by molar-refractivity contribution is 6.30. The maximum Gasteiger partial charge on any atom is 0.130 e. The summed E-state index contributed by atoms with van der Waals surface area (Å²) in [4.78, 5) is 4.02. The SMILES string of the molecule is CNCCC=C(C)c1cc(Cl)cnc1N. The van der Waals surface area contributed by atoms with Crippen molar-refractivity contribution in [3.05, 3.63) is 28.9 Å². The molecule has 0 fully saturated rings. The molecule has 0 aromatic carbocycles. The van der Waals surface area contributed by atoms with Crippen LogP contribution in [0, 0.1) is 0 Å². The third-order valence-electron chi connectivity index (χ3n) is 2.15. The summed E-state index contributed by atoms with van der Waals surface area (Å²) in [6.07, 6.45) is 4.65. The van der Waals surface area contributed by atoms with E-state index in [1.165, 1.54) is 0 Å². The summed E-state index contributed by atoms with van der Waals surface area (Å²) in [7, 11) is 1.93. The smallest absolute Gasteiger partial charge is 0.130 e. The number of hydrogen-bond acceptors (Lipinski definition) is 3. The number of rotatable bonds is 4. The van der Waals surface area contributed by atoms with Gasteiger partial charge in [0.15, 0.2) is 0 Å². The highest BCUT2D eigenvalue weighted by atomic mass is 35.5. The number of nitrogens with two attached hydrogens (primary N) is 1. The fraction of sp³-hybridized carbons (Fsp3) is 0.364. The van der Waals surface area contributed by atoms with Gasteiger partial charge >= 0.3 is 0 Å². The summed E-state index contributed by atoms with van der Waals surface area (Å²) in [5, 5.41) is 3.69. The maximum atomic E-state index is 5.86. The predicted octanol–water partition coefficient (Wildman–Crippen LogP) is 2.33. The Morgan fingerprint density at radius 2 is 2.40 bits per heavy atom. The second-order valence-electron chi connectivity index (χ2n) is 3.37. The fourth-order valence-electron chi connectivity index (χ4n) is 1.31. The van der Waals surface area contributed by atoms with Gasteiger partial charge in [-0.05, 0) is 38.6 Å². The van der Waals surface area contributed by atoms with E-state index in [-0.39, 0.29) is 0 Å². The number of allylic oxidation sites excluding steroid dienone is 1. The number of nitrogens with zero attached hydrogens (tertiary/aromatic N) is 1. The van der Waals surface area contributed by atoms with Crippen molar-refractivity contribution in [2.45, 2.75) is 13.3 Å². The van der Waals surface area contributed by atoms with Crippen molar-refractivity contribution < 1.29 is 0 Å². The molecule has 1 heterocycles. The van der Waals surface area contributed by atoms with Crippen LogP contribution in [0.4, 0.5) is 5.82 Å². The van der Waals surface area contributed by atoms with Gasteiger partial charge in [0.2, 0.25) is 0 Å². The summed E-state index contributed by atoms with van der Waals surface area (Å²) in [6.45, 7) is 2.96. The molecule has 3 N–H and O–H groups in total. The number of hydrogen-bond donors (Lipinski definition) is 2. The first-order valence-corrected chi connectivity index (χ1v) is 5.25. The molecule has 0 atom stereocenters. The molecular formula is C11H16ClN3. The third-order valence-corrected chi connectivity index (χ3v) is 2.36. The molecule has 0 bridgehead atoms.